The number of methoxy groups -OCH3 is 1. The number of hydrogen-bond donors (Lipinski definition) is 1. The van der Waals surface area contributed by atoms with Gasteiger partial charge in [-0.3, -0.25) is 4.79 Å². The zero-order valence-corrected chi connectivity index (χ0v) is 10.8. The van der Waals surface area contributed by atoms with Gasteiger partial charge >= 0.3 is 5.97 Å². The molecule has 0 bridgehead atoms. The first-order chi connectivity index (χ1) is 8.57. The van der Waals surface area contributed by atoms with Crippen LogP contribution in [0.1, 0.15) is 24.0 Å². The maximum atomic E-state index is 13.1. The molecule has 3 nitrogen and oxygen atoms in total. The van der Waals surface area contributed by atoms with Crippen LogP contribution in [0.25, 0.3) is 0 Å². The van der Waals surface area contributed by atoms with Gasteiger partial charge < -0.3 is 10.1 Å². The normalized spacial score (nSPS) is 16.4. The fourth-order valence-electron chi connectivity index (χ4n) is 2.08. The number of ether oxygens (including phenoxy) is 1. The molecule has 0 atom stereocenters. The second-order valence-corrected chi connectivity index (χ2v) is 4.96. The Hall–Kier alpha value is -1.42. The van der Waals surface area contributed by atoms with Crippen molar-refractivity contribution in [3.8, 4) is 0 Å². The molecular weight excluding hydrogens is 233 g/mol. The van der Waals surface area contributed by atoms with Gasteiger partial charge in [0.2, 0.25) is 0 Å². The minimum Gasteiger partial charge on any atom is -0.469 e. The second kappa shape index (κ2) is 5.06. The quantitative estimate of drug-likeness (QED) is 0.815. The number of aryl methyl sites for hydroxylation is 1. The predicted octanol–water partition coefficient (Wildman–Crippen LogP) is 2.18. The molecule has 1 N–H and O–H groups in total. The van der Waals surface area contributed by atoms with Gasteiger partial charge in [0, 0.05) is 13.1 Å². The highest BCUT2D eigenvalue weighted by Crippen LogP contribution is 2.46. The third kappa shape index (κ3) is 2.70. The second-order valence-electron chi connectivity index (χ2n) is 4.96. The minimum absolute atomic E-state index is 0.134. The fourth-order valence-corrected chi connectivity index (χ4v) is 2.08. The number of carbonyl (C=O) groups excluding carboxylic acids is 1. The summed E-state index contributed by atoms with van der Waals surface area (Å²) in [5.41, 5.74) is 1.35. The average molecular weight is 251 g/mol. The van der Waals surface area contributed by atoms with E-state index in [2.05, 4.69) is 5.32 Å². The Morgan fingerprint density at radius 2 is 2.22 bits per heavy atom. The highest BCUT2D eigenvalue weighted by atomic mass is 19.1. The highest BCUT2D eigenvalue weighted by Gasteiger charge is 2.50. The number of carbonyl (C=O) groups is 1. The van der Waals surface area contributed by atoms with Crippen molar-refractivity contribution in [3.05, 3.63) is 35.1 Å². The molecule has 98 valence electrons. The van der Waals surface area contributed by atoms with Gasteiger partial charge in [-0.15, -0.1) is 0 Å². The van der Waals surface area contributed by atoms with Gasteiger partial charge in [-0.2, -0.15) is 0 Å². The molecule has 0 heterocycles. The number of halogens is 1. The van der Waals surface area contributed by atoms with E-state index in [9.17, 15) is 9.18 Å². The van der Waals surface area contributed by atoms with Crippen LogP contribution in [0.2, 0.25) is 0 Å². The predicted molar refractivity (Wildman–Crippen MR) is 66.5 cm³/mol. The van der Waals surface area contributed by atoms with Gasteiger partial charge in [0.15, 0.2) is 0 Å². The lowest BCUT2D eigenvalue weighted by Crippen LogP contribution is -2.30. The Labute approximate surface area is 106 Å². The topological polar surface area (TPSA) is 38.3 Å². The van der Waals surface area contributed by atoms with Crippen LogP contribution in [-0.2, 0) is 16.1 Å². The summed E-state index contributed by atoms with van der Waals surface area (Å²) in [6.45, 7) is 3.01. The molecule has 1 aliphatic rings. The first-order valence-corrected chi connectivity index (χ1v) is 6.11. The van der Waals surface area contributed by atoms with Gasteiger partial charge in [-0.1, -0.05) is 12.1 Å². The summed E-state index contributed by atoms with van der Waals surface area (Å²) >= 11 is 0. The first kappa shape index (κ1) is 13.0. The van der Waals surface area contributed by atoms with Crippen molar-refractivity contribution in [1.82, 2.24) is 5.32 Å². The van der Waals surface area contributed by atoms with Crippen molar-refractivity contribution < 1.29 is 13.9 Å². The largest absolute Gasteiger partial charge is 0.469 e. The fraction of sp³-hybridized carbons (Fsp3) is 0.500. The Bertz CT molecular complexity index is 455. The van der Waals surface area contributed by atoms with Gasteiger partial charge in [0.25, 0.3) is 0 Å². The van der Waals surface area contributed by atoms with Crippen LogP contribution in [0.3, 0.4) is 0 Å². The number of nitrogens with one attached hydrogen (secondary N) is 1. The van der Waals surface area contributed by atoms with E-state index in [0.717, 1.165) is 18.4 Å². The Morgan fingerprint density at radius 3 is 2.78 bits per heavy atom. The van der Waals surface area contributed by atoms with E-state index in [4.69, 9.17) is 4.74 Å². The highest BCUT2D eigenvalue weighted by molar-refractivity contribution is 5.80. The molecule has 1 aliphatic carbocycles. The molecule has 0 radical (unpaired) electrons. The third-order valence-electron chi connectivity index (χ3n) is 3.49. The van der Waals surface area contributed by atoms with E-state index < -0.39 is 0 Å². The molecule has 1 aromatic rings. The van der Waals surface area contributed by atoms with Crippen molar-refractivity contribution in [2.24, 2.45) is 5.41 Å². The molecule has 0 aromatic heterocycles. The van der Waals surface area contributed by atoms with Gasteiger partial charge in [-0.25, -0.2) is 4.39 Å². The lowest BCUT2D eigenvalue weighted by atomic mass is 10.1. The third-order valence-corrected chi connectivity index (χ3v) is 3.49. The minimum atomic E-state index is -0.316. The lowest BCUT2D eigenvalue weighted by molar-refractivity contribution is -0.146. The van der Waals surface area contributed by atoms with E-state index in [1.165, 1.54) is 13.2 Å². The summed E-state index contributed by atoms with van der Waals surface area (Å²) < 4.78 is 17.9. The summed E-state index contributed by atoms with van der Waals surface area (Å²) in [4.78, 5) is 11.5. The Kier molecular flexibility index (Phi) is 3.66. The average Bonchev–Trinajstić information content (AvgIpc) is 3.14. The Balaban J connectivity index is 1.85. The van der Waals surface area contributed by atoms with Crippen molar-refractivity contribution in [2.45, 2.75) is 26.3 Å². The van der Waals surface area contributed by atoms with Gasteiger partial charge in [0.1, 0.15) is 5.82 Å². The van der Waals surface area contributed by atoms with Crippen molar-refractivity contribution in [3.63, 3.8) is 0 Å². The lowest BCUT2D eigenvalue weighted by Gasteiger charge is -2.13. The number of benzene rings is 1. The summed E-state index contributed by atoms with van der Waals surface area (Å²) in [6.07, 6.45) is 1.77. The monoisotopic (exact) mass is 251 g/mol. The molecule has 1 aromatic carbocycles. The molecular formula is C14H18FNO2. The van der Waals surface area contributed by atoms with Gasteiger partial charge in [-0.05, 0) is 37.0 Å². The molecule has 0 amide bonds. The standard InChI is InChI=1S/C14H18FNO2/c1-10-7-11(3-4-12(10)15)8-16-9-14(5-6-14)13(17)18-2/h3-4,7,16H,5-6,8-9H2,1-2H3. The van der Waals surface area contributed by atoms with E-state index >= 15 is 0 Å². The van der Waals surface area contributed by atoms with Gasteiger partial charge in [0.05, 0.1) is 12.5 Å². The SMILES string of the molecule is COC(=O)C1(CNCc2ccc(F)c(C)c2)CC1. The van der Waals surface area contributed by atoms with Crippen LogP contribution in [0.5, 0.6) is 0 Å². The molecule has 0 unspecified atom stereocenters. The zero-order valence-electron chi connectivity index (χ0n) is 10.8. The maximum Gasteiger partial charge on any atom is 0.313 e. The smallest absolute Gasteiger partial charge is 0.313 e. The van der Waals surface area contributed by atoms with Crippen LogP contribution in [0.4, 0.5) is 4.39 Å². The molecule has 0 aliphatic heterocycles. The van der Waals surface area contributed by atoms with E-state index in [-0.39, 0.29) is 17.2 Å². The van der Waals surface area contributed by atoms with E-state index in [1.807, 2.05) is 6.07 Å². The molecule has 0 saturated heterocycles. The van der Waals surface area contributed by atoms with Crippen LogP contribution < -0.4 is 5.32 Å². The number of hydrogen-bond acceptors (Lipinski definition) is 3. The van der Waals surface area contributed by atoms with Crippen molar-refractivity contribution in [2.75, 3.05) is 13.7 Å². The van der Waals surface area contributed by atoms with Crippen LogP contribution in [-0.4, -0.2) is 19.6 Å². The Morgan fingerprint density at radius 1 is 1.50 bits per heavy atom. The van der Waals surface area contributed by atoms with Crippen LogP contribution in [0.15, 0.2) is 18.2 Å². The van der Waals surface area contributed by atoms with Crippen LogP contribution >= 0.6 is 0 Å². The van der Waals surface area contributed by atoms with Crippen LogP contribution in [0, 0.1) is 18.2 Å². The molecule has 0 spiro atoms. The summed E-state index contributed by atoms with van der Waals surface area (Å²) in [5, 5.41) is 3.24. The first-order valence-electron chi connectivity index (χ1n) is 6.11. The van der Waals surface area contributed by atoms with Crippen molar-refractivity contribution >= 4 is 5.97 Å². The molecule has 1 fully saturated rings. The number of rotatable bonds is 5. The van der Waals surface area contributed by atoms with E-state index in [1.54, 1.807) is 13.0 Å². The summed E-state index contributed by atoms with van der Waals surface area (Å²) in [7, 11) is 1.42. The molecule has 4 heteroatoms. The summed E-state index contributed by atoms with van der Waals surface area (Å²) in [5.74, 6) is -0.322. The maximum absolute atomic E-state index is 13.1. The number of esters is 1. The molecule has 18 heavy (non-hydrogen) atoms. The van der Waals surface area contributed by atoms with Crippen molar-refractivity contribution in [1.29, 1.82) is 0 Å². The zero-order chi connectivity index (χ0) is 13.2. The van der Waals surface area contributed by atoms with E-state index in [0.29, 0.717) is 18.7 Å². The molecule has 1 saturated carbocycles. The molecule has 2 rings (SSSR count). The summed E-state index contributed by atoms with van der Waals surface area (Å²) in [6, 6.07) is 5.05.